The van der Waals surface area contributed by atoms with E-state index in [0.29, 0.717) is 11.3 Å². The molecule has 41 heavy (non-hydrogen) atoms. The van der Waals surface area contributed by atoms with Gasteiger partial charge in [-0.3, -0.25) is 0 Å². The molecule has 220 valence electrons. The highest BCUT2D eigenvalue weighted by molar-refractivity contribution is 5.97. The molecular weight excluding hydrogens is 535 g/mol. The van der Waals surface area contributed by atoms with E-state index in [1.165, 1.54) is 20.3 Å². The van der Waals surface area contributed by atoms with Crippen LogP contribution in [0.2, 0.25) is 0 Å². The van der Waals surface area contributed by atoms with Crippen molar-refractivity contribution in [1.82, 2.24) is 0 Å². The Balaban J connectivity index is 1.74. The predicted molar refractivity (Wildman–Crippen MR) is 147 cm³/mol. The smallest absolute Gasteiger partial charge is 0.342 e. The lowest BCUT2D eigenvalue weighted by Gasteiger charge is -2.26. The summed E-state index contributed by atoms with van der Waals surface area (Å²) in [4.78, 5) is 26.3. The quantitative estimate of drug-likeness (QED) is 0.323. The molecule has 0 radical (unpaired) electrons. The van der Waals surface area contributed by atoms with Gasteiger partial charge in [-0.25, -0.2) is 14.0 Å². The zero-order valence-electron chi connectivity index (χ0n) is 23.8. The predicted octanol–water partition coefficient (Wildman–Crippen LogP) is 5.63. The lowest BCUT2D eigenvalue weighted by molar-refractivity contribution is -0.154. The molecule has 0 aliphatic carbocycles. The van der Waals surface area contributed by atoms with Crippen molar-refractivity contribution in [3.63, 3.8) is 0 Å². The van der Waals surface area contributed by atoms with Crippen molar-refractivity contribution in [3.8, 4) is 11.5 Å². The van der Waals surface area contributed by atoms with Gasteiger partial charge in [0.25, 0.3) is 0 Å². The third kappa shape index (κ3) is 7.52. The monoisotopic (exact) mass is 570 g/mol. The van der Waals surface area contributed by atoms with Gasteiger partial charge in [0.15, 0.2) is 18.7 Å². The molecule has 4 atom stereocenters. The van der Waals surface area contributed by atoms with E-state index in [0.717, 1.165) is 0 Å². The summed E-state index contributed by atoms with van der Waals surface area (Å²) in [6.07, 6.45) is 1.21. The normalized spacial score (nSPS) is 26.3. The minimum Gasteiger partial charge on any atom is -0.497 e. The lowest BCUT2D eigenvalue weighted by atomic mass is 10.00. The van der Waals surface area contributed by atoms with Gasteiger partial charge >= 0.3 is 11.9 Å². The Morgan fingerprint density at radius 2 is 1.85 bits per heavy atom. The zero-order chi connectivity index (χ0) is 29.6. The molecule has 2 aliphatic rings. The van der Waals surface area contributed by atoms with Crippen LogP contribution in [0.15, 0.2) is 60.4 Å². The lowest BCUT2D eigenvalue weighted by Crippen LogP contribution is -2.39. The molecular formula is C31H35FO9. The van der Waals surface area contributed by atoms with E-state index in [1.807, 2.05) is 0 Å². The number of rotatable bonds is 6. The van der Waals surface area contributed by atoms with E-state index in [9.17, 15) is 9.59 Å². The summed E-state index contributed by atoms with van der Waals surface area (Å²) >= 11 is 0. The maximum absolute atomic E-state index is 15.8. The molecule has 9 nitrogen and oxygen atoms in total. The third-order valence-corrected chi connectivity index (χ3v) is 6.53. The molecule has 0 bridgehead atoms. The standard InChI is InChI=1S/C31H35FO9/c1-19-14-15-23(32)27(39-29(33)20-10-7-6-8-11-20)28-24(40-31(2,3)41-28)13-9-12-21-16-22(36-5)17-25(37-18-35-4)26(21)30(34)38-19/h6-12,15-17,19,24,27-28H,13-14,18H2,1-5H3/b12-9+,23-15+/t19?,24-,27?,28?/m0/s1. The molecule has 2 aliphatic heterocycles. The largest absolute Gasteiger partial charge is 0.497 e. The first-order valence-electron chi connectivity index (χ1n) is 13.3. The number of cyclic esters (lactones) is 1. The zero-order valence-corrected chi connectivity index (χ0v) is 23.8. The Morgan fingerprint density at radius 1 is 1.10 bits per heavy atom. The van der Waals surface area contributed by atoms with E-state index in [1.54, 1.807) is 75.4 Å². The molecule has 0 saturated carbocycles. The second-order valence-corrected chi connectivity index (χ2v) is 10.1. The van der Waals surface area contributed by atoms with Crippen LogP contribution in [0.4, 0.5) is 4.39 Å². The van der Waals surface area contributed by atoms with Gasteiger partial charge in [-0.2, -0.15) is 0 Å². The van der Waals surface area contributed by atoms with Gasteiger partial charge in [-0.15, -0.1) is 0 Å². The molecule has 0 amide bonds. The minimum atomic E-state index is -1.39. The molecule has 2 aromatic rings. The fourth-order valence-corrected chi connectivity index (χ4v) is 4.67. The van der Waals surface area contributed by atoms with Crippen LogP contribution in [0.3, 0.4) is 0 Å². The van der Waals surface area contributed by atoms with Crippen molar-refractivity contribution in [2.75, 3.05) is 21.0 Å². The molecule has 0 N–H and O–H groups in total. The Labute approximate surface area is 238 Å². The van der Waals surface area contributed by atoms with Crippen molar-refractivity contribution in [2.24, 2.45) is 0 Å². The molecule has 4 rings (SSSR count). The maximum Gasteiger partial charge on any atom is 0.342 e. The number of carbonyl (C=O) groups is 2. The van der Waals surface area contributed by atoms with Crippen LogP contribution in [-0.4, -0.2) is 63.2 Å². The van der Waals surface area contributed by atoms with Crippen molar-refractivity contribution in [1.29, 1.82) is 0 Å². The molecule has 10 heteroatoms. The Hall–Kier alpha value is -3.73. The molecule has 3 unspecified atom stereocenters. The fourth-order valence-electron chi connectivity index (χ4n) is 4.67. The molecule has 2 aromatic carbocycles. The molecule has 2 heterocycles. The number of ether oxygens (including phenoxy) is 7. The van der Waals surface area contributed by atoms with Crippen LogP contribution in [0.25, 0.3) is 6.08 Å². The SMILES string of the molecule is COCOc1cc(OC)cc2c1C(=O)OC(C)C/C=C(/F)C(OC(=O)c1ccccc1)C1OC(C)(C)O[C@H]1C/C=C/2. The average molecular weight is 571 g/mol. The number of fused-ring (bicyclic) bond motifs is 2. The summed E-state index contributed by atoms with van der Waals surface area (Å²) in [5.41, 5.74) is 0.921. The Bertz CT molecular complexity index is 1290. The van der Waals surface area contributed by atoms with Crippen LogP contribution in [-0.2, 0) is 23.7 Å². The first-order chi connectivity index (χ1) is 19.6. The van der Waals surface area contributed by atoms with E-state index < -0.39 is 48.0 Å². The summed E-state index contributed by atoms with van der Waals surface area (Å²) in [6, 6.07) is 11.6. The fraction of sp³-hybridized carbons (Fsp3) is 0.419. The summed E-state index contributed by atoms with van der Waals surface area (Å²) in [6.45, 7) is 4.95. The number of benzene rings is 2. The highest BCUT2D eigenvalue weighted by Crippen LogP contribution is 2.37. The van der Waals surface area contributed by atoms with E-state index in [2.05, 4.69) is 0 Å². The number of carbonyl (C=O) groups excluding carboxylic acids is 2. The summed E-state index contributed by atoms with van der Waals surface area (Å²) < 4.78 is 55.5. The van der Waals surface area contributed by atoms with Gasteiger partial charge in [-0.05, 0) is 57.0 Å². The summed E-state index contributed by atoms with van der Waals surface area (Å²) in [5.74, 6) is -2.49. The highest BCUT2D eigenvalue weighted by Gasteiger charge is 2.47. The van der Waals surface area contributed by atoms with E-state index >= 15 is 4.39 Å². The van der Waals surface area contributed by atoms with Gasteiger partial charge in [-0.1, -0.05) is 30.4 Å². The van der Waals surface area contributed by atoms with Gasteiger partial charge in [0.1, 0.15) is 35.1 Å². The Kier molecular flexibility index (Phi) is 9.80. The topological polar surface area (TPSA) is 98.8 Å². The molecule has 1 fully saturated rings. The van der Waals surface area contributed by atoms with Crippen LogP contribution in [0.5, 0.6) is 11.5 Å². The third-order valence-electron chi connectivity index (χ3n) is 6.53. The van der Waals surface area contributed by atoms with E-state index in [-0.39, 0.29) is 36.5 Å². The number of hydrogen-bond acceptors (Lipinski definition) is 9. The Morgan fingerprint density at radius 3 is 2.56 bits per heavy atom. The van der Waals surface area contributed by atoms with Crippen molar-refractivity contribution < 1.29 is 47.1 Å². The maximum atomic E-state index is 15.8. The van der Waals surface area contributed by atoms with Crippen molar-refractivity contribution >= 4 is 18.0 Å². The average Bonchev–Trinajstić information content (AvgIpc) is 3.26. The first-order valence-corrected chi connectivity index (χ1v) is 13.3. The van der Waals surface area contributed by atoms with Crippen molar-refractivity contribution in [2.45, 2.75) is 63.8 Å². The molecule has 1 saturated heterocycles. The van der Waals surface area contributed by atoms with Crippen LogP contribution in [0.1, 0.15) is 59.9 Å². The van der Waals surface area contributed by atoms with E-state index in [4.69, 9.17) is 33.2 Å². The van der Waals surface area contributed by atoms with Crippen LogP contribution >= 0.6 is 0 Å². The minimum absolute atomic E-state index is 0.00812. The summed E-state index contributed by atoms with van der Waals surface area (Å²) in [5, 5.41) is 0. The van der Waals surface area contributed by atoms with Gasteiger partial charge < -0.3 is 33.2 Å². The number of hydrogen-bond donors (Lipinski definition) is 0. The molecule has 0 spiro atoms. The second-order valence-electron chi connectivity index (χ2n) is 10.1. The van der Waals surface area contributed by atoms with Crippen LogP contribution in [0, 0.1) is 0 Å². The van der Waals surface area contributed by atoms with Crippen molar-refractivity contribution in [3.05, 3.63) is 77.1 Å². The van der Waals surface area contributed by atoms with Gasteiger partial charge in [0.05, 0.1) is 18.8 Å². The summed E-state index contributed by atoms with van der Waals surface area (Å²) in [7, 11) is 2.97. The number of halogens is 1. The van der Waals surface area contributed by atoms with Gasteiger partial charge in [0.2, 0.25) is 0 Å². The van der Waals surface area contributed by atoms with Gasteiger partial charge in [0, 0.05) is 19.6 Å². The van der Waals surface area contributed by atoms with Crippen LogP contribution < -0.4 is 9.47 Å². The first kappa shape index (κ1) is 30.2. The number of methoxy groups -OCH3 is 2. The number of esters is 2. The highest BCUT2D eigenvalue weighted by atomic mass is 19.1. The molecule has 0 aromatic heterocycles. The second kappa shape index (κ2) is 13.3.